The first-order valence-corrected chi connectivity index (χ1v) is 7.38. The molecule has 118 valence electrons. The molecule has 0 bridgehead atoms. The third kappa shape index (κ3) is 2.70. The molecule has 0 aliphatic carbocycles. The Morgan fingerprint density at radius 1 is 1.22 bits per heavy atom. The lowest BCUT2D eigenvalue weighted by atomic mass is 10.1. The number of benzene rings is 1. The van der Waals surface area contributed by atoms with Crippen LogP contribution >= 0.6 is 0 Å². The van der Waals surface area contributed by atoms with Crippen LogP contribution in [0.25, 0.3) is 0 Å². The van der Waals surface area contributed by atoms with E-state index in [9.17, 15) is 4.79 Å². The second-order valence-corrected chi connectivity index (χ2v) is 5.31. The zero-order valence-electron chi connectivity index (χ0n) is 12.3. The van der Waals surface area contributed by atoms with Crippen molar-refractivity contribution in [2.24, 2.45) is 0 Å². The molecule has 2 aromatic rings. The molecule has 0 spiro atoms. The molecule has 1 aromatic carbocycles. The predicted molar refractivity (Wildman–Crippen MR) is 79.2 cm³/mol. The molecule has 0 radical (unpaired) electrons. The summed E-state index contributed by atoms with van der Waals surface area (Å²) in [5.74, 6) is 1.22. The van der Waals surface area contributed by atoms with E-state index < -0.39 is 0 Å². The Labute approximate surface area is 132 Å². The SMILES string of the molecule is O=C(c1ccc2c(c1)OCO2)N1CCO[C@@H](c2cnccn2)C1. The van der Waals surface area contributed by atoms with Crippen LogP contribution in [0.5, 0.6) is 11.5 Å². The quantitative estimate of drug-likeness (QED) is 0.835. The van der Waals surface area contributed by atoms with Gasteiger partial charge in [0.25, 0.3) is 5.91 Å². The van der Waals surface area contributed by atoms with Gasteiger partial charge < -0.3 is 19.1 Å². The number of rotatable bonds is 2. The molecule has 0 saturated carbocycles. The van der Waals surface area contributed by atoms with Gasteiger partial charge in [0.1, 0.15) is 6.10 Å². The van der Waals surface area contributed by atoms with Crippen molar-refractivity contribution in [2.75, 3.05) is 26.5 Å². The highest BCUT2D eigenvalue weighted by molar-refractivity contribution is 5.95. The van der Waals surface area contributed by atoms with Crippen LogP contribution in [0, 0.1) is 0 Å². The maximum atomic E-state index is 12.7. The summed E-state index contributed by atoms with van der Waals surface area (Å²) < 4.78 is 16.3. The van der Waals surface area contributed by atoms with Crippen LogP contribution in [0.2, 0.25) is 0 Å². The van der Waals surface area contributed by atoms with Crippen LogP contribution in [0.15, 0.2) is 36.8 Å². The fourth-order valence-electron chi connectivity index (χ4n) is 2.70. The average Bonchev–Trinajstić information content (AvgIpc) is 3.09. The predicted octanol–water partition coefficient (Wildman–Crippen LogP) is 1.42. The maximum Gasteiger partial charge on any atom is 0.254 e. The molecule has 1 fully saturated rings. The number of morpholine rings is 1. The molecule has 2 aliphatic heterocycles. The van der Waals surface area contributed by atoms with Gasteiger partial charge in [-0.1, -0.05) is 0 Å². The van der Waals surface area contributed by atoms with Gasteiger partial charge in [0.2, 0.25) is 6.79 Å². The molecule has 1 amide bonds. The third-order valence-corrected chi connectivity index (χ3v) is 3.89. The number of carbonyl (C=O) groups is 1. The van der Waals surface area contributed by atoms with E-state index in [0.717, 1.165) is 5.69 Å². The normalized spacial score (nSPS) is 19.7. The molecule has 1 saturated heterocycles. The van der Waals surface area contributed by atoms with E-state index >= 15 is 0 Å². The van der Waals surface area contributed by atoms with Crippen LogP contribution in [0.1, 0.15) is 22.2 Å². The van der Waals surface area contributed by atoms with Crippen LogP contribution in [0.3, 0.4) is 0 Å². The molecular formula is C16H15N3O4. The van der Waals surface area contributed by atoms with E-state index in [-0.39, 0.29) is 18.8 Å². The summed E-state index contributed by atoms with van der Waals surface area (Å²) in [6, 6.07) is 5.23. The van der Waals surface area contributed by atoms with Crippen LogP contribution < -0.4 is 9.47 Å². The molecule has 1 atom stereocenters. The van der Waals surface area contributed by atoms with Gasteiger partial charge in [-0.05, 0) is 18.2 Å². The standard InChI is InChI=1S/C16H15N3O4/c20-16(11-1-2-13-14(7-11)23-10-22-13)19-5-6-21-15(9-19)12-8-17-3-4-18-12/h1-4,7-8,15H,5-6,9-10H2/t15-/m1/s1. The van der Waals surface area contributed by atoms with E-state index in [4.69, 9.17) is 14.2 Å². The summed E-state index contributed by atoms with van der Waals surface area (Å²) in [6.45, 7) is 1.66. The average molecular weight is 313 g/mol. The maximum absolute atomic E-state index is 12.7. The minimum Gasteiger partial charge on any atom is -0.454 e. The summed E-state index contributed by atoms with van der Waals surface area (Å²) in [5, 5.41) is 0. The Kier molecular flexibility index (Phi) is 3.55. The van der Waals surface area contributed by atoms with E-state index in [1.165, 1.54) is 0 Å². The van der Waals surface area contributed by atoms with Crippen molar-refractivity contribution in [2.45, 2.75) is 6.10 Å². The molecule has 0 unspecified atom stereocenters. The zero-order valence-corrected chi connectivity index (χ0v) is 12.3. The topological polar surface area (TPSA) is 73.8 Å². The highest BCUT2D eigenvalue weighted by Gasteiger charge is 2.28. The van der Waals surface area contributed by atoms with Crippen LogP contribution in [0.4, 0.5) is 0 Å². The van der Waals surface area contributed by atoms with Crippen molar-refractivity contribution < 1.29 is 19.0 Å². The van der Waals surface area contributed by atoms with Gasteiger partial charge in [-0.15, -0.1) is 0 Å². The zero-order chi connectivity index (χ0) is 15.6. The molecule has 7 nitrogen and oxygen atoms in total. The van der Waals surface area contributed by atoms with Crippen LogP contribution in [-0.4, -0.2) is 47.3 Å². The number of aromatic nitrogens is 2. The highest BCUT2D eigenvalue weighted by Crippen LogP contribution is 2.33. The lowest BCUT2D eigenvalue weighted by molar-refractivity contribution is -0.0249. The molecule has 23 heavy (non-hydrogen) atoms. The highest BCUT2D eigenvalue weighted by atomic mass is 16.7. The molecule has 7 heteroatoms. The van der Waals surface area contributed by atoms with Gasteiger partial charge in [0.05, 0.1) is 25.0 Å². The first-order valence-electron chi connectivity index (χ1n) is 7.38. The molecule has 4 rings (SSSR count). The van der Waals surface area contributed by atoms with Crippen molar-refractivity contribution >= 4 is 5.91 Å². The largest absolute Gasteiger partial charge is 0.454 e. The van der Waals surface area contributed by atoms with Crippen molar-refractivity contribution in [3.05, 3.63) is 48.0 Å². The fourth-order valence-corrected chi connectivity index (χ4v) is 2.70. The van der Waals surface area contributed by atoms with Crippen molar-refractivity contribution in [1.82, 2.24) is 14.9 Å². The first kappa shape index (κ1) is 14.0. The number of carbonyl (C=O) groups excluding carboxylic acids is 1. The van der Waals surface area contributed by atoms with Gasteiger partial charge in [-0.2, -0.15) is 0 Å². The summed E-state index contributed by atoms with van der Waals surface area (Å²) >= 11 is 0. The van der Waals surface area contributed by atoms with Crippen molar-refractivity contribution in [3.63, 3.8) is 0 Å². The number of fused-ring (bicyclic) bond motifs is 1. The monoisotopic (exact) mass is 313 g/mol. The van der Waals surface area contributed by atoms with Gasteiger partial charge >= 0.3 is 0 Å². The van der Waals surface area contributed by atoms with E-state index in [1.54, 1.807) is 41.7 Å². The Hall–Kier alpha value is -2.67. The van der Waals surface area contributed by atoms with E-state index in [1.807, 2.05) is 0 Å². The van der Waals surface area contributed by atoms with Crippen molar-refractivity contribution in [1.29, 1.82) is 0 Å². The number of hydrogen-bond donors (Lipinski definition) is 0. The third-order valence-electron chi connectivity index (χ3n) is 3.89. The molecule has 3 heterocycles. The second-order valence-electron chi connectivity index (χ2n) is 5.31. The summed E-state index contributed by atoms with van der Waals surface area (Å²) in [6.07, 6.45) is 4.65. The number of ether oxygens (including phenoxy) is 3. The Balaban J connectivity index is 1.52. The minimum atomic E-state index is -0.254. The lowest BCUT2D eigenvalue weighted by Crippen LogP contribution is -2.42. The van der Waals surface area contributed by atoms with Gasteiger partial charge in [-0.25, -0.2) is 0 Å². The molecule has 0 N–H and O–H groups in total. The first-order chi connectivity index (χ1) is 11.3. The fraction of sp³-hybridized carbons (Fsp3) is 0.312. The molecule has 2 aliphatic rings. The Bertz CT molecular complexity index is 723. The number of nitrogens with zero attached hydrogens (tertiary/aromatic N) is 3. The Morgan fingerprint density at radius 2 is 2.13 bits per heavy atom. The van der Waals surface area contributed by atoms with Gasteiger partial charge in [0, 0.05) is 24.5 Å². The van der Waals surface area contributed by atoms with Crippen LogP contribution in [-0.2, 0) is 4.74 Å². The Morgan fingerprint density at radius 3 is 3.00 bits per heavy atom. The summed E-state index contributed by atoms with van der Waals surface area (Å²) in [5.41, 5.74) is 1.31. The number of hydrogen-bond acceptors (Lipinski definition) is 6. The summed E-state index contributed by atoms with van der Waals surface area (Å²) in [7, 11) is 0. The number of amides is 1. The van der Waals surface area contributed by atoms with Gasteiger partial charge in [-0.3, -0.25) is 14.8 Å². The van der Waals surface area contributed by atoms with E-state index in [0.29, 0.717) is 36.8 Å². The van der Waals surface area contributed by atoms with Gasteiger partial charge in [0.15, 0.2) is 11.5 Å². The lowest BCUT2D eigenvalue weighted by Gasteiger charge is -2.32. The second kappa shape index (κ2) is 5.85. The molecular weight excluding hydrogens is 298 g/mol. The van der Waals surface area contributed by atoms with E-state index in [2.05, 4.69) is 9.97 Å². The minimum absolute atomic E-state index is 0.0551. The summed E-state index contributed by atoms with van der Waals surface area (Å²) in [4.78, 5) is 22.8. The molecule has 1 aromatic heterocycles. The van der Waals surface area contributed by atoms with Crippen molar-refractivity contribution in [3.8, 4) is 11.5 Å². The smallest absolute Gasteiger partial charge is 0.254 e.